The number of methoxy groups -OCH3 is 2. The van der Waals surface area contributed by atoms with Crippen molar-refractivity contribution in [2.24, 2.45) is 15.9 Å². The Bertz CT molecular complexity index is 1900. The Hall–Kier alpha value is -5.26. The molecule has 12 nitrogen and oxygen atoms in total. The van der Waals surface area contributed by atoms with E-state index in [1.54, 1.807) is 0 Å². The highest BCUT2D eigenvalue weighted by molar-refractivity contribution is 6.05. The van der Waals surface area contributed by atoms with Gasteiger partial charge in [0.1, 0.15) is 12.1 Å². The first-order chi connectivity index (χ1) is 26.1. The van der Waals surface area contributed by atoms with Gasteiger partial charge < -0.3 is 29.9 Å². The van der Waals surface area contributed by atoms with Crippen molar-refractivity contribution >= 4 is 46.6 Å². The second-order valence-electron chi connectivity index (χ2n) is 15.2. The fraction of sp³-hybridized carbons (Fsp3) is 0.476. The minimum absolute atomic E-state index is 0.0345. The second-order valence-corrected chi connectivity index (χ2v) is 15.2. The molecule has 0 spiro atoms. The number of hydrogen-bond donors (Lipinski definition) is 2. The predicted octanol–water partition coefficient (Wildman–Crippen LogP) is 6.36. The van der Waals surface area contributed by atoms with Crippen LogP contribution in [-0.2, 0) is 19.1 Å². The number of likely N-dealkylation sites (tertiary alicyclic amines) is 1. The number of fused-ring (bicyclic) bond motifs is 1. The summed E-state index contributed by atoms with van der Waals surface area (Å²) in [5.74, 6) is -0.209. The van der Waals surface area contributed by atoms with Crippen LogP contribution in [-0.4, -0.2) is 96.2 Å². The van der Waals surface area contributed by atoms with Crippen molar-refractivity contribution in [3.63, 3.8) is 0 Å². The molecule has 7 rings (SSSR count). The van der Waals surface area contributed by atoms with Gasteiger partial charge >= 0.3 is 12.2 Å². The highest BCUT2D eigenvalue weighted by Gasteiger charge is 2.44. The van der Waals surface area contributed by atoms with E-state index in [4.69, 9.17) is 19.5 Å². The molecule has 0 bridgehead atoms. The molecule has 2 aromatic carbocycles. The van der Waals surface area contributed by atoms with Gasteiger partial charge in [-0.2, -0.15) is 0 Å². The molecule has 0 radical (unpaired) electrons. The maximum Gasteiger partial charge on any atom is 0.407 e. The van der Waals surface area contributed by atoms with Crippen molar-refractivity contribution in [1.82, 2.24) is 20.4 Å². The number of aliphatic imine (C=N–C) groups is 2. The quantitative estimate of drug-likeness (QED) is 0.307. The lowest BCUT2D eigenvalue weighted by Crippen LogP contribution is -2.53. The average Bonchev–Trinajstić information content (AvgIpc) is 4.02. The van der Waals surface area contributed by atoms with Crippen LogP contribution in [0, 0.1) is 5.92 Å². The molecular formula is C42H50N6O6. The van der Waals surface area contributed by atoms with Crippen molar-refractivity contribution in [3.8, 4) is 11.1 Å². The van der Waals surface area contributed by atoms with Gasteiger partial charge in [-0.1, -0.05) is 62.4 Å². The smallest absolute Gasteiger partial charge is 0.407 e. The highest BCUT2D eigenvalue weighted by atomic mass is 16.5. The van der Waals surface area contributed by atoms with Crippen molar-refractivity contribution in [2.75, 3.05) is 20.8 Å². The molecule has 0 saturated carbocycles. The summed E-state index contributed by atoms with van der Waals surface area (Å²) in [7, 11) is 2.62. The zero-order valence-corrected chi connectivity index (χ0v) is 31.5. The number of benzene rings is 2. The van der Waals surface area contributed by atoms with Gasteiger partial charge in [-0.25, -0.2) is 9.59 Å². The van der Waals surface area contributed by atoms with E-state index in [9.17, 15) is 19.2 Å². The predicted molar refractivity (Wildman–Crippen MR) is 208 cm³/mol. The van der Waals surface area contributed by atoms with Gasteiger partial charge in [-0.15, -0.1) is 0 Å². The number of hydrogen-bond acceptors (Lipinski definition) is 8. The van der Waals surface area contributed by atoms with Gasteiger partial charge in [-0.3, -0.25) is 19.6 Å². The Kier molecular flexibility index (Phi) is 11.0. The van der Waals surface area contributed by atoms with E-state index < -0.39 is 24.3 Å². The van der Waals surface area contributed by atoms with E-state index in [2.05, 4.69) is 59.2 Å². The molecule has 284 valence electrons. The molecule has 0 aromatic heterocycles. The fourth-order valence-corrected chi connectivity index (χ4v) is 8.69. The van der Waals surface area contributed by atoms with Crippen LogP contribution in [0.15, 0.2) is 70.9 Å². The number of nitrogens with one attached hydrogen (secondary N) is 2. The third-order valence-electron chi connectivity index (χ3n) is 11.6. The van der Waals surface area contributed by atoms with Crippen molar-refractivity contribution < 1.29 is 28.7 Å². The maximum absolute atomic E-state index is 13.6. The number of nitrogens with zero attached hydrogens (tertiary/aromatic N) is 4. The van der Waals surface area contributed by atoms with E-state index in [0.29, 0.717) is 25.8 Å². The molecule has 5 heterocycles. The number of alkyl carbamates (subject to hydrolysis) is 2. The number of allylic oxidation sites excluding steroid dienone is 2. The van der Waals surface area contributed by atoms with E-state index in [-0.39, 0.29) is 35.9 Å². The molecule has 1 unspecified atom stereocenters. The first-order valence-corrected chi connectivity index (χ1v) is 19.2. The second kappa shape index (κ2) is 16.0. The highest BCUT2D eigenvalue weighted by Crippen LogP contribution is 2.37. The van der Waals surface area contributed by atoms with E-state index in [1.807, 2.05) is 36.0 Å². The van der Waals surface area contributed by atoms with Crippen LogP contribution in [0.5, 0.6) is 0 Å². The van der Waals surface area contributed by atoms with Gasteiger partial charge in [0.05, 0.1) is 26.3 Å². The number of carbonyl (C=O) groups excluding carboxylic acids is 4. The maximum atomic E-state index is 13.6. The molecule has 0 aliphatic carbocycles. The summed E-state index contributed by atoms with van der Waals surface area (Å²) in [6.07, 6.45) is 10.1. The van der Waals surface area contributed by atoms with E-state index in [1.165, 1.54) is 14.2 Å². The summed E-state index contributed by atoms with van der Waals surface area (Å²) in [4.78, 5) is 64.5. The van der Waals surface area contributed by atoms with Crippen LogP contribution in [0.4, 0.5) is 9.59 Å². The number of rotatable bonds is 9. The summed E-state index contributed by atoms with van der Waals surface area (Å²) < 4.78 is 9.54. The Balaban J connectivity index is 0.945. The Morgan fingerprint density at radius 1 is 0.722 bits per heavy atom. The lowest BCUT2D eigenvalue weighted by molar-refractivity contribution is -0.135. The topological polar surface area (TPSA) is 142 Å². The van der Waals surface area contributed by atoms with Gasteiger partial charge in [0.25, 0.3) is 0 Å². The van der Waals surface area contributed by atoms with Crippen LogP contribution in [0.25, 0.3) is 22.3 Å². The molecule has 3 saturated heterocycles. The van der Waals surface area contributed by atoms with Crippen LogP contribution < -0.4 is 10.6 Å². The Labute approximate surface area is 316 Å². The van der Waals surface area contributed by atoms with Crippen LogP contribution in [0.2, 0.25) is 0 Å². The monoisotopic (exact) mass is 734 g/mol. The first-order valence-electron chi connectivity index (χ1n) is 19.2. The molecule has 5 atom stereocenters. The average molecular weight is 735 g/mol. The summed E-state index contributed by atoms with van der Waals surface area (Å²) in [6, 6.07) is 15.9. The standard InChI is InChI=1S/C42H50N6O6/c1-25(2)38(46-42(52)54-4)40(50)47-20-6-9-36(47)34-21-30(23-43-34)28-14-10-26(11-15-28)27-12-16-29(17-13-27)31-22-35(44-24-31)37-19-18-32-7-5-8-33(39(49)48(32)37)45-41(51)53-3/h10-17,23-25,32-33,36-38H,5-9,18-22H2,1-4H3,(H,45,51)(H,46,52)/t32-,33+,36+,37+,38?/m1/s1. The minimum Gasteiger partial charge on any atom is -0.453 e. The van der Waals surface area contributed by atoms with Gasteiger partial charge in [-0.05, 0) is 84.3 Å². The molecule has 5 aliphatic rings. The number of amides is 4. The third kappa shape index (κ3) is 7.56. The van der Waals surface area contributed by atoms with Crippen molar-refractivity contribution in [2.45, 2.75) is 102 Å². The van der Waals surface area contributed by atoms with Crippen LogP contribution in [0.3, 0.4) is 0 Å². The molecule has 3 fully saturated rings. The largest absolute Gasteiger partial charge is 0.453 e. The number of carbonyl (C=O) groups is 4. The first kappa shape index (κ1) is 37.1. The zero-order chi connectivity index (χ0) is 37.9. The van der Waals surface area contributed by atoms with Crippen LogP contribution in [0.1, 0.15) is 82.8 Å². The zero-order valence-electron chi connectivity index (χ0n) is 31.5. The summed E-state index contributed by atoms with van der Waals surface area (Å²) in [5.41, 5.74) is 8.67. The van der Waals surface area contributed by atoms with Gasteiger partial charge in [0.2, 0.25) is 11.8 Å². The molecule has 2 N–H and O–H groups in total. The summed E-state index contributed by atoms with van der Waals surface area (Å²) >= 11 is 0. The van der Waals surface area contributed by atoms with Crippen molar-refractivity contribution in [1.29, 1.82) is 0 Å². The van der Waals surface area contributed by atoms with Crippen LogP contribution >= 0.6 is 0 Å². The van der Waals surface area contributed by atoms with Gasteiger partial charge in [0, 0.05) is 49.3 Å². The lowest BCUT2D eigenvalue weighted by Gasteiger charge is -2.31. The normalized spacial score (nSPS) is 24.3. The Morgan fingerprint density at radius 2 is 1.30 bits per heavy atom. The SMILES string of the molecule is COC(=O)NC(C(=O)N1CCC[C@H]1C1=NC=C(c2ccc(-c3ccc(C4=CN=C([C@@H]5CC[C@H]6CCC[C@H](NC(=O)OC)C(=O)N65)C4)cc3)cc2)C1)C(C)C. The molecular weight excluding hydrogens is 684 g/mol. The third-order valence-corrected chi connectivity index (χ3v) is 11.6. The molecule has 12 heteroatoms. The lowest BCUT2D eigenvalue weighted by atomic mass is 9.94. The molecule has 4 amide bonds. The van der Waals surface area contributed by atoms with E-state index >= 15 is 0 Å². The summed E-state index contributed by atoms with van der Waals surface area (Å²) in [5, 5.41) is 5.46. The summed E-state index contributed by atoms with van der Waals surface area (Å²) in [6.45, 7) is 4.48. The van der Waals surface area contributed by atoms with E-state index in [0.717, 1.165) is 83.3 Å². The number of ether oxygens (including phenoxy) is 2. The fourth-order valence-electron chi connectivity index (χ4n) is 8.69. The molecule has 5 aliphatic heterocycles. The minimum atomic E-state index is -0.654. The molecule has 2 aromatic rings. The van der Waals surface area contributed by atoms with Crippen molar-refractivity contribution in [3.05, 3.63) is 72.1 Å². The van der Waals surface area contributed by atoms with Gasteiger partial charge in [0.15, 0.2) is 0 Å². The molecule has 54 heavy (non-hydrogen) atoms. The Morgan fingerprint density at radius 3 is 1.87 bits per heavy atom.